The Hall–Kier alpha value is -2.16. The van der Waals surface area contributed by atoms with E-state index in [2.05, 4.69) is 29.1 Å². The van der Waals surface area contributed by atoms with Gasteiger partial charge in [0.25, 0.3) is 0 Å². The third-order valence-electron chi connectivity index (χ3n) is 4.71. The second-order valence-corrected chi connectivity index (χ2v) is 9.10. The number of carbonyl (C=O) groups excluding carboxylic acids is 1. The van der Waals surface area contributed by atoms with Crippen LogP contribution in [0.4, 0.5) is 11.5 Å². The number of aromatic nitrogens is 2. The van der Waals surface area contributed by atoms with Crippen LogP contribution in [0.15, 0.2) is 35.5 Å². The Kier molecular flexibility index (Phi) is 5.52. The molecular formula is C20H22N4O2S2. The van der Waals surface area contributed by atoms with Crippen LogP contribution in [-0.4, -0.2) is 27.7 Å². The molecule has 0 unspecified atom stereocenters. The van der Waals surface area contributed by atoms with E-state index in [0.29, 0.717) is 23.5 Å². The first-order valence-corrected chi connectivity index (χ1v) is 11.0. The zero-order valence-corrected chi connectivity index (χ0v) is 17.4. The molecule has 8 heteroatoms. The summed E-state index contributed by atoms with van der Waals surface area (Å²) in [6.07, 6.45) is 1.03. The lowest BCUT2D eigenvalue weighted by molar-refractivity contribution is -0.113. The fourth-order valence-corrected chi connectivity index (χ4v) is 5.07. The van der Waals surface area contributed by atoms with Gasteiger partial charge in [-0.2, -0.15) is 0 Å². The van der Waals surface area contributed by atoms with Gasteiger partial charge in [-0.25, -0.2) is 9.97 Å². The molecule has 0 spiro atoms. The summed E-state index contributed by atoms with van der Waals surface area (Å²) in [5, 5.41) is 4.33. The molecule has 1 aromatic carbocycles. The van der Waals surface area contributed by atoms with E-state index < -0.39 is 0 Å². The minimum Gasteiger partial charge on any atom is -0.383 e. The Labute approximate surface area is 171 Å². The first-order valence-electron chi connectivity index (χ1n) is 9.18. The fraction of sp³-hybridized carbons (Fsp3) is 0.350. The number of nitrogens with one attached hydrogen (secondary N) is 1. The SMILES string of the molecule is CC(C)[C@@H]1Cc2c(sc3nc(SCC(=O)Nc4ccccc4)nc(N)c23)CO1. The van der Waals surface area contributed by atoms with Crippen molar-refractivity contribution in [3.05, 3.63) is 40.8 Å². The fourth-order valence-electron chi connectivity index (χ4n) is 3.23. The van der Waals surface area contributed by atoms with Gasteiger partial charge in [0.15, 0.2) is 5.16 Å². The van der Waals surface area contributed by atoms with Crippen molar-refractivity contribution in [3.8, 4) is 0 Å². The maximum atomic E-state index is 12.2. The van der Waals surface area contributed by atoms with Gasteiger partial charge >= 0.3 is 0 Å². The van der Waals surface area contributed by atoms with Crippen molar-refractivity contribution in [1.82, 2.24) is 9.97 Å². The van der Waals surface area contributed by atoms with Gasteiger partial charge in [-0.1, -0.05) is 43.8 Å². The summed E-state index contributed by atoms with van der Waals surface area (Å²) in [6, 6.07) is 9.38. The number of benzene rings is 1. The largest absolute Gasteiger partial charge is 0.383 e. The molecule has 146 valence electrons. The maximum Gasteiger partial charge on any atom is 0.234 e. The highest BCUT2D eigenvalue weighted by Gasteiger charge is 2.27. The molecule has 3 aromatic rings. The van der Waals surface area contributed by atoms with E-state index in [1.54, 1.807) is 11.3 Å². The van der Waals surface area contributed by atoms with Crippen molar-refractivity contribution in [2.24, 2.45) is 5.92 Å². The number of ether oxygens (including phenoxy) is 1. The van der Waals surface area contributed by atoms with Crippen LogP contribution in [0.25, 0.3) is 10.2 Å². The highest BCUT2D eigenvalue weighted by atomic mass is 32.2. The van der Waals surface area contributed by atoms with Gasteiger partial charge in [0, 0.05) is 17.0 Å². The van der Waals surface area contributed by atoms with Gasteiger partial charge in [0.1, 0.15) is 10.6 Å². The van der Waals surface area contributed by atoms with Crippen LogP contribution in [0, 0.1) is 5.92 Å². The topological polar surface area (TPSA) is 90.1 Å². The third kappa shape index (κ3) is 3.99. The van der Waals surface area contributed by atoms with E-state index in [4.69, 9.17) is 10.5 Å². The maximum absolute atomic E-state index is 12.2. The molecule has 0 fully saturated rings. The van der Waals surface area contributed by atoms with E-state index in [9.17, 15) is 4.79 Å². The summed E-state index contributed by atoms with van der Waals surface area (Å²) >= 11 is 2.90. The molecule has 3 N–H and O–H groups in total. The molecule has 0 bridgehead atoms. The predicted octanol–water partition coefficient (Wildman–Crippen LogP) is 4.10. The Morgan fingerprint density at radius 3 is 2.89 bits per heavy atom. The van der Waals surface area contributed by atoms with E-state index in [-0.39, 0.29) is 17.8 Å². The zero-order valence-electron chi connectivity index (χ0n) is 15.8. The molecule has 4 rings (SSSR count). The lowest BCUT2D eigenvalue weighted by Gasteiger charge is -2.26. The van der Waals surface area contributed by atoms with Crippen LogP contribution in [0.1, 0.15) is 24.3 Å². The number of nitrogens with two attached hydrogens (primary N) is 1. The average Bonchev–Trinajstić information content (AvgIpc) is 3.05. The van der Waals surface area contributed by atoms with E-state index in [1.165, 1.54) is 22.2 Å². The monoisotopic (exact) mass is 414 g/mol. The average molecular weight is 415 g/mol. The molecule has 1 amide bonds. The molecule has 2 aromatic heterocycles. The van der Waals surface area contributed by atoms with Crippen LogP contribution in [0.5, 0.6) is 0 Å². The van der Waals surface area contributed by atoms with Crippen molar-refractivity contribution in [2.45, 2.75) is 38.1 Å². The minimum atomic E-state index is -0.0999. The number of nitrogen functional groups attached to an aromatic ring is 1. The number of hydrogen-bond acceptors (Lipinski definition) is 7. The molecule has 6 nitrogen and oxygen atoms in total. The number of amides is 1. The second-order valence-electron chi connectivity index (χ2n) is 7.08. The van der Waals surface area contributed by atoms with Crippen LogP contribution < -0.4 is 11.1 Å². The summed E-state index contributed by atoms with van der Waals surface area (Å²) in [5.74, 6) is 1.06. The second kappa shape index (κ2) is 8.06. The Bertz CT molecular complexity index is 1000. The number of carbonyl (C=O) groups is 1. The third-order valence-corrected chi connectivity index (χ3v) is 6.66. The summed E-state index contributed by atoms with van der Waals surface area (Å²) in [5.41, 5.74) is 8.27. The number of thiophene rings is 1. The minimum absolute atomic E-state index is 0.0999. The number of rotatable bonds is 5. The van der Waals surface area contributed by atoms with Crippen LogP contribution >= 0.6 is 23.1 Å². The molecule has 0 aliphatic carbocycles. The van der Waals surface area contributed by atoms with E-state index in [1.807, 2.05) is 30.3 Å². The van der Waals surface area contributed by atoms with Crippen LogP contribution in [-0.2, 0) is 22.6 Å². The Morgan fingerprint density at radius 2 is 2.14 bits per heavy atom. The first-order chi connectivity index (χ1) is 13.5. The molecule has 1 aliphatic heterocycles. The molecule has 0 radical (unpaired) electrons. The molecule has 1 atom stereocenters. The lowest BCUT2D eigenvalue weighted by Crippen LogP contribution is -2.26. The molecule has 0 saturated heterocycles. The van der Waals surface area contributed by atoms with Gasteiger partial charge in [-0.3, -0.25) is 4.79 Å². The van der Waals surface area contributed by atoms with Crippen molar-refractivity contribution < 1.29 is 9.53 Å². The molecule has 1 aliphatic rings. The van der Waals surface area contributed by atoms with Crippen molar-refractivity contribution in [2.75, 3.05) is 16.8 Å². The van der Waals surface area contributed by atoms with Gasteiger partial charge in [0.05, 0.1) is 23.8 Å². The smallest absolute Gasteiger partial charge is 0.234 e. The highest BCUT2D eigenvalue weighted by molar-refractivity contribution is 7.99. The van der Waals surface area contributed by atoms with Crippen molar-refractivity contribution in [1.29, 1.82) is 0 Å². The highest BCUT2D eigenvalue weighted by Crippen LogP contribution is 2.39. The van der Waals surface area contributed by atoms with Crippen LogP contribution in [0.3, 0.4) is 0 Å². The first kappa shape index (κ1) is 19.2. The standard InChI is InChI=1S/C20H22N4O2S2/c1-11(2)14-8-13-15(9-26-14)28-19-17(13)18(21)23-20(24-19)27-10-16(25)22-12-6-4-3-5-7-12/h3-7,11,14H,8-10H2,1-2H3,(H,22,25)(H2,21,23,24)/t14-/m0/s1. The van der Waals surface area contributed by atoms with Crippen molar-refractivity contribution in [3.63, 3.8) is 0 Å². The molecule has 0 saturated carbocycles. The van der Waals surface area contributed by atoms with Gasteiger partial charge in [0.2, 0.25) is 5.91 Å². The Balaban J connectivity index is 1.50. The number of hydrogen-bond donors (Lipinski definition) is 2. The Morgan fingerprint density at radius 1 is 1.36 bits per heavy atom. The number of anilines is 2. The van der Waals surface area contributed by atoms with E-state index in [0.717, 1.165) is 22.3 Å². The summed E-state index contributed by atoms with van der Waals surface area (Å²) < 4.78 is 5.96. The molecule has 3 heterocycles. The molecule has 28 heavy (non-hydrogen) atoms. The molecular weight excluding hydrogens is 392 g/mol. The van der Waals surface area contributed by atoms with Gasteiger partial charge in [-0.15, -0.1) is 11.3 Å². The van der Waals surface area contributed by atoms with E-state index >= 15 is 0 Å². The normalized spacial score (nSPS) is 16.3. The van der Waals surface area contributed by atoms with Gasteiger partial charge in [-0.05, 0) is 23.6 Å². The number of para-hydroxylation sites is 1. The summed E-state index contributed by atoms with van der Waals surface area (Å²) in [4.78, 5) is 23.3. The number of nitrogens with zero attached hydrogens (tertiary/aromatic N) is 2. The van der Waals surface area contributed by atoms with Gasteiger partial charge < -0.3 is 15.8 Å². The zero-order chi connectivity index (χ0) is 19.7. The van der Waals surface area contributed by atoms with Crippen molar-refractivity contribution >= 4 is 50.7 Å². The quantitative estimate of drug-likeness (QED) is 0.482. The van der Waals surface area contributed by atoms with Crippen LogP contribution in [0.2, 0.25) is 0 Å². The number of fused-ring (bicyclic) bond motifs is 3. The summed E-state index contributed by atoms with van der Waals surface area (Å²) in [7, 11) is 0. The predicted molar refractivity (Wildman–Crippen MR) is 115 cm³/mol. The lowest BCUT2D eigenvalue weighted by atomic mass is 9.96. The number of thioether (sulfide) groups is 1. The summed E-state index contributed by atoms with van der Waals surface area (Å²) in [6.45, 7) is 4.93.